The lowest BCUT2D eigenvalue weighted by Gasteiger charge is -2.09. The van der Waals surface area contributed by atoms with E-state index in [1.165, 1.54) is 0 Å². The number of rotatable bonds is 4. The normalized spacial score (nSPS) is 10.3. The second-order valence-electron chi connectivity index (χ2n) is 3.97. The first kappa shape index (κ1) is 16.0. The van der Waals surface area contributed by atoms with E-state index in [4.69, 9.17) is 33.8 Å². The van der Waals surface area contributed by atoms with Crippen molar-refractivity contribution in [2.45, 2.75) is 6.61 Å². The van der Waals surface area contributed by atoms with Gasteiger partial charge >= 0.3 is 0 Å². The Hall–Kier alpha value is -1.34. The van der Waals surface area contributed by atoms with Crippen LogP contribution in [0.25, 0.3) is 0 Å². The Morgan fingerprint density at radius 1 is 1.33 bits per heavy atom. The molecule has 0 radical (unpaired) electrons. The van der Waals surface area contributed by atoms with Crippen LogP contribution in [0.5, 0.6) is 5.75 Å². The highest BCUT2D eigenvalue weighted by atomic mass is 79.9. The van der Waals surface area contributed by atoms with E-state index >= 15 is 0 Å². The number of hydrogen-bond donors (Lipinski definition) is 2. The summed E-state index contributed by atoms with van der Waals surface area (Å²) >= 11 is 15.3. The number of aromatic nitrogens is 1. The van der Waals surface area contributed by atoms with Crippen molar-refractivity contribution in [1.29, 1.82) is 0 Å². The number of pyridine rings is 1. The summed E-state index contributed by atoms with van der Waals surface area (Å²) in [5, 5.41) is 0.903. The third-order valence-electron chi connectivity index (χ3n) is 2.52. The highest BCUT2D eigenvalue weighted by Gasteiger charge is 2.09. The standard InChI is InChI=1S/C13H10BrCl2N3O2/c14-8-4-10(16)12(5-9(8)15)21-6-7-2-1-3-11(18-7)13(20)19-17/h1-5H,6,17H2,(H,19,20). The molecule has 2 aromatic rings. The van der Waals surface area contributed by atoms with Crippen LogP contribution in [0.15, 0.2) is 34.8 Å². The van der Waals surface area contributed by atoms with Crippen molar-refractivity contribution in [3.05, 3.63) is 56.2 Å². The van der Waals surface area contributed by atoms with Gasteiger partial charge in [0.1, 0.15) is 18.1 Å². The molecule has 8 heteroatoms. The zero-order valence-electron chi connectivity index (χ0n) is 10.6. The molecule has 0 spiro atoms. The minimum Gasteiger partial charge on any atom is -0.486 e. The number of ether oxygens (including phenoxy) is 1. The number of nitrogen functional groups attached to an aromatic ring is 1. The predicted octanol–water partition coefficient (Wildman–Crippen LogP) is 3.33. The molecule has 0 aliphatic rings. The van der Waals surface area contributed by atoms with E-state index in [0.717, 1.165) is 0 Å². The number of nitrogens with zero attached hydrogens (tertiary/aromatic N) is 1. The Kier molecular flexibility index (Phi) is 5.41. The number of nitrogens with two attached hydrogens (primary N) is 1. The molecular formula is C13H10BrCl2N3O2. The average molecular weight is 391 g/mol. The van der Waals surface area contributed by atoms with Crippen LogP contribution in [0.2, 0.25) is 10.0 Å². The summed E-state index contributed by atoms with van der Waals surface area (Å²) in [5.41, 5.74) is 2.79. The Balaban J connectivity index is 2.13. The molecule has 2 rings (SSSR count). The summed E-state index contributed by atoms with van der Waals surface area (Å²) in [6, 6.07) is 8.21. The van der Waals surface area contributed by atoms with Gasteiger partial charge in [0.05, 0.1) is 15.7 Å². The molecule has 0 saturated heterocycles. The maximum absolute atomic E-state index is 11.4. The molecule has 110 valence electrons. The zero-order valence-corrected chi connectivity index (χ0v) is 13.7. The fraction of sp³-hybridized carbons (Fsp3) is 0.0769. The molecule has 0 aliphatic heterocycles. The van der Waals surface area contributed by atoms with Crippen molar-refractivity contribution < 1.29 is 9.53 Å². The summed E-state index contributed by atoms with van der Waals surface area (Å²) in [4.78, 5) is 15.5. The highest BCUT2D eigenvalue weighted by molar-refractivity contribution is 9.10. The van der Waals surface area contributed by atoms with Gasteiger partial charge in [-0.2, -0.15) is 0 Å². The van der Waals surface area contributed by atoms with Gasteiger partial charge in [-0.05, 0) is 34.1 Å². The SMILES string of the molecule is NNC(=O)c1cccc(COc2cc(Cl)c(Br)cc2Cl)n1. The molecule has 0 unspecified atom stereocenters. The van der Waals surface area contributed by atoms with E-state index < -0.39 is 5.91 Å². The van der Waals surface area contributed by atoms with Crippen LogP contribution in [0, 0.1) is 0 Å². The molecule has 0 saturated carbocycles. The van der Waals surface area contributed by atoms with Crippen LogP contribution in [-0.4, -0.2) is 10.9 Å². The molecule has 1 aromatic carbocycles. The molecule has 21 heavy (non-hydrogen) atoms. The van der Waals surface area contributed by atoms with E-state index in [1.54, 1.807) is 30.3 Å². The predicted molar refractivity (Wildman–Crippen MR) is 84.4 cm³/mol. The maximum Gasteiger partial charge on any atom is 0.283 e. The minimum atomic E-state index is -0.471. The van der Waals surface area contributed by atoms with E-state index in [0.29, 0.717) is 26.0 Å². The van der Waals surface area contributed by atoms with Crippen molar-refractivity contribution in [2.75, 3.05) is 0 Å². The van der Waals surface area contributed by atoms with Crippen molar-refractivity contribution in [2.24, 2.45) is 5.84 Å². The van der Waals surface area contributed by atoms with Gasteiger partial charge in [-0.25, -0.2) is 10.8 Å². The Labute approximate surface area is 139 Å². The summed E-state index contributed by atoms with van der Waals surface area (Å²) in [7, 11) is 0. The van der Waals surface area contributed by atoms with Gasteiger partial charge in [0, 0.05) is 10.5 Å². The monoisotopic (exact) mass is 389 g/mol. The van der Waals surface area contributed by atoms with Gasteiger partial charge in [-0.3, -0.25) is 10.2 Å². The Bertz CT molecular complexity index is 682. The lowest BCUT2D eigenvalue weighted by molar-refractivity contribution is 0.0948. The number of hydrazine groups is 1. The topological polar surface area (TPSA) is 77.2 Å². The van der Waals surface area contributed by atoms with Crippen LogP contribution in [0.4, 0.5) is 0 Å². The first-order chi connectivity index (χ1) is 10.0. The Morgan fingerprint density at radius 2 is 2.10 bits per heavy atom. The molecule has 0 fully saturated rings. The zero-order chi connectivity index (χ0) is 15.4. The first-order valence-corrected chi connectivity index (χ1v) is 7.30. The van der Waals surface area contributed by atoms with E-state index in [-0.39, 0.29) is 12.3 Å². The van der Waals surface area contributed by atoms with Crippen LogP contribution < -0.4 is 16.0 Å². The molecule has 0 atom stereocenters. The number of amides is 1. The first-order valence-electron chi connectivity index (χ1n) is 5.75. The van der Waals surface area contributed by atoms with Gasteiger partial charge < -0.3 is 4.74 Å². The second-order valence-corrected chi connectivity index (χ2v) is 5.64. The van der Waals surface area contributed by atoms with Gasteiger partial charge in [-0.15, -0.1) is 0 Å². The van der Waals surface area contributed by atoms with Crippen LogP contribution in [-0.2, 0) is 6.61 Å². The number of halogens is 3. The molecule has 0 bridgehead atoms. The smallest absolute Gasteiger partial charge is 0.283 e. The van der Waals surface area contributed by atoms with E-state index in [9.17, 15) is 4.79 Å². The third-order valence-corrected chi connectivity index (χ3v) is 4.01. The minimum absolute atomic E-state index is 0.142. The number of carbonyl (C=O) groups excluding carboxylic acids is 1. The van der Waals surface area contributed by atoms with Crippen LogP contribution in [0.1, 0.15) is 16.2 Å². The average Bonchev–Trinajstić information content (AvgIpc) is 2.49. The van der Waals surface area contributed by atoms with Crippen molar-refractivity contribution >= 4 is 45.0 Å². The highest BCUT2D eigenvalue weighted by Crippen LogP contribution is 2.34. The molecule has 0 aliphatic carbocycles. The largest absolute Gasteiger partial charge is 0.486 e. The molecule has 1 aromatic heterocycles. The fourth-order valence-electron chi connectivity index (χ4n) is 1.53. The van der Waals surface area contributed by atoms with Gasteiger partial charge in [0.15, 0.2) is 0 Å². The number of carbonyl (C=O) groups is 1. The van der Waals surface area contributed by atoms with Crippen molar-refractivity contribution in [1.82, 2.24) is 10.4 Å². The van der Waals surface area contributed by atoms with E-state index in [2.05, 4.69) is 20.9 Å². The molecule has 3 N–H and O–H groups in total. The third kappa shape index (κ3) is 4.07. The molecule has 5 nitrogen and oxygen atoms in total. The summed E-state index contributed by atoms with van der Waals surface area (Å²) in [6.45, 7) is 0.142. The fourth-order valence-corrected chi connectivity index (χ4v) is 2.37. The lowest BCUT2D eigenvalue weighted by Crippen LogP contribution is -2.30. The van der Waals surface area contributed by atoms with E-state index in [1.807, 2.05) is 5.43 Å². The number of nitrogens with one attached hydrogen (secondary N) is 1. The number of hydrogen-bond acceptors (Lipinski definition) is 4. The maximum atomic E-state index is 11.4. The van der Waals surface area contributed by atoms with Gasteiger partial charge in [-0.1, -0.05) is 29.3 Å². The Morgan fingerprint density at radius 3 is 2.81 bits per heavy atom. The van der Waals surface area contributed by atoms with Crippen LogP contribution in [0.3, 0.4) is 0 Å². The summed E-state index contributed by atoms with van der Waals surface area (Å²) < 4.78 is 6.25. The van der Waals surface area contributed by atoms with Crippen molar-refractivity contribution in [3.8, 4) is 5.75 Å². The van der Waals surface area contributed by atoms with Crippen LogP contribution >= 0.6 is 39.1 Å². The molecule has 1 amide bonds. The second kappa shape index (κ2) is 7.09. The summed E-state index contributed by atoms with van der Waals surface area (Å²) in [5.74, 6) is 5.02. The van der Waals surface area contributed by atoms with Gasteiger partial charge in [0.2, 0.25) is 0 Å². The van der Waals surface area contributed by atoms with Crippen molar-refractivity contribution in [3.63, 3.8) is 0 Å². The quantitative estimate of drug-likeness (QED) is 0.363. The lowest BCUT2D eigenvalue weighted by atomic mass is 10.3. The summed E-state index contributed by atoms with van der Waals surface area (Å²) in [6.07, 6.45) is 0. The molecule has 1 heterocycles. The number of benzene rings is 1. The van der Waals surface area contributed by atoms with Gasteiger partial charge in [0.25, 0.3) is 5.91 Å². The molecular weight excluding hydrogens is 381 g/mol.